The van der Waals surface area contributed by atoms with Gasteiger partial charge in [-0.15, -0.1) is 0 Å². The number of piperidine rings is 2. The molecule has 1 N–H and O–H groups in total. The first kappa shape index (κ1) is 11.1. The predicted molar refractivity (Wildman–Crippen MR) is 56.2 cm³/mol. The molecular formula is C10H17BFNO2. The van der Waals surface area contributed by atoms with Gasteiger partial charge in [0.2, 0.25) is 0 Å². The lowest BCUT2D eigenvalue weighted by Gasteiger charge is -2.50. The summed E-state index contributed by atoms with van der Waals surface area (Å²) in [6, 6.07) is -0.0707. The van der Waals surface area contributed by atoms with Gasteiger partial charge in [0.25, 0.3) is 0 Å². The van der Waals surface area contributed by atoms with Gasteiger partial charge in [0.15, 0.2) is 0 Å². The Kier molecular flexibility index (Phi) is 3.12. The van der Waals surface area contributed by atoms with Crippen LogP contribution in [0.4, 0.5) is 4.39 Å². The van der Waals surface area contributed by atoms with Crippen molar-refractivity contribution in [3.05, 3.63) is 0 Å². The molecule has 0 spiro atoms. The second-order valence-electron chi connectivity index (χ2n) is 4.71. The Bertz CT molecular complexity index is 252. The summed E-state index contributed by atoms with van der Waals surface area (Å²) >= 11 is 0. The minimum Gasteiger partial charge on any atom is -0.437 e. The average molecular weight is 213 g/mol. The third kappa shape index (κ3) is 1.83. The normalized spacial score (nSPS) is 41.3. The van der Waals surface area contributed by atoms with Crippen molar-refractivity contribution < 1.29 is 14.2 Å². The molecule has 2 rings (SSSR count). The van der Waals surface area contributed by atoms with Gasteiger partial charge in [0.1, 0.15) is 12.5 Å². The number of nitrogens with zero attached hydrogens (tertiary/aromatic N) is 1. The smallest absolute Gasteiger partial charge is 0.376 e. The van der Waals surface area contributed by atoms with Crippen molar-refractivity contribution in [3.63, 3.8) is 0 Å². The van der Waals surface area contributed by atoms with Gasteiger partial charge in [-0.25, -0.2) is 4.39 Å². The van der Waals surface area contributed by atoms with Crippen molar-refractivity contribution in [1.29, 1.82) is 0 Å². The Morgan fingerprint density at radius 1 is 1.53 bits per heavy atom. The van der Waals surface area contributed by atoms with E-state index in [9.17, 15) is 14.2 Å². The Balaban J connectivity index is 2.20. The van der Waals surface area contributed by atoms with Crippen LogP contribution in [0.25, 0.3) is 0 Å². The second kappa shape index (κ2) is 4.22. The number of carbonyl (C=O) groups excluding carboxylic acids is 1. The average Bonchev–Trinajstić information content (AvgIpc) is 2.22. The predicted octanol–water partition coefficient (Wildman–Crippen LogP) is 0.877. The van der Waals surface area contributed by atoms with E-state index in [-0.39, 0.29) is 12.1 Å². The van der Waals surface area contributed by atoms with Gasteiger partial charge >= 0.3 is 7.05 Å². The van der Waals surface area contributed by atoms with Crippen molar-refractivity contribution >= 4 is 13.3 Å². The van der Waals surface area contributed by atoms with Crippen LogP contribution in [0.5, 0.6) is 0 Å². The maximum Gasteiger partial charge on any atom is 0.376 e. The van der Waals surface area contributed by atoms with Crippen LogP contribution in [0.3, 0.4) is 0 Å². The quantitative estimate of drug-likeness (QED) is 0.546. The van der Waals surface area contributed by atoms with Gasteiger partial charge in [-0.3, -0.25) is 0 Å². The van der Waals surface area contributed by atoms with E-state index in [1.807, 2.05) is 4.81 Å². The molecule has 0 saturated carbocycles. The zero-order valence-electron chi connectivity index (χ0n) is 8.97. The van der Waals surface area contributed by atoms with Crippen LogP contribution in [0.2, 0.25) is 6.82 Å². The molecule has 0 amide bonds. The molecule has 2 aliphatic heterocycles. The molecule has 0 aromatic heterocycles. The fourth-order valence-electron chi connectivity index (χ4n) is 3.14. The van der Waals surface area contributed by atoms with Gasteiger partial charge in [-0.2, -0.15) is 0 Å². The minimum absolute atomic E-state index is 0.186. The fraction of sp³-hybridized carbons (Fsp3) is 0.900. The number of carbonyl (C=O) groups is 1. The van der Waals surface area contributed by atoms with E-state index in [2.05, 4.69) is 0 Å². The fourth-order valence-corrected chi connectivity index (χ4v) is 3.14. The maximum atomic E-state index is 13.9. The summed E-state index contributed by atoms with van der Waals surface area (Å²) in [7, 11) is -0.605. The highest BCUT2D eigenvalue weighted by molar-refractivity contribution is 6.45. The molecule has 5 heteroatoms. The van der Waals surface area contributed by atoms with Gasteiger partial charge < -0.3 is 14.6 Å². The van der Waals surface area contributed by atoms with E-state index < -0.39 is 19.1 Å². The van der Waals surface area contributed by atoms with Crippen LogP contribution in [0, 0.1) is 5.92 Å². The molecule has 0 aliphatic carbocycles. The van der Waals surface area contributed by atoms with Crippen LogP contribution in [0.1, 0.15) is 25.7 Å². The molecule has 0 radical (unpaired) electrons. The SMILES string of the molecule is CB(O)N1C2CCC[C@H]1[C@H](F)[C@H](C=O)C2. The first-order chi connectivity index (χ1) is 7.15. The van der Waals surface area contributed by atoms with Crippen LogP contribution in [-0.2, 0) is 4.79 Å². The second-order valence-corrected chi connectivity index (χ2v) is 4.71. The summed E-state index contributed by atoms with van der Waals surface area (Å²) < 4.78 is 13.9. The maximum absolute atomic E-state index is 13.9. The van der Waals surface area contributed by atoms with Crippen LogP contribution < -0.4 is 0 Å². The molecule has 2 fully saturated rings. The minimum atomic E-state index is -1.10. The number of hydrogen-bond acceptors (Lipinski definition) is 3. The summed E-state index contributed by atoms with van der Waals surface area (Å²) in [5.41, 5.74) is 0. The van der Waals surface area contributed by atoms with Crippen LogP contribution in [0.15, 0.2) is 0 Å². The number of aldehydes is 1. The molecule has 0 aromatic rings. The van der Waals surface area contributed by atoms with Crippen molar-refractivity contribution in [2.75, 3.05) is 0 Å². The molecular weight excluding hydrogens is 196 g/mol. The van der Waals surface area contributed by atoms with Gasteiger partial charge in [-0.05, 0) is 26.1 Å². The number of hydrogen-bond donors (Lipinski definition) is 1. The highest BCUT2D eigenvalue weighted by atomic mass is 19.1. The van der Waals surface area contributed by atoms with Gasteiger partial charge in [0, 0.05) is 18.0 Å². The lowest BCUT2D eigenvalue weighted by molar-refractivity contribution is -0.118. The molecule has 0 aromatic carbocycles. The third-order valence-electron chi connectivity index (χ3n) is 3.77. The monoisotopic (exact) mass is 213 g/mol. The lowest BCUT2D eigenvalue weighted by Crippen LogP contribution is -2.62. The highest BCUT2D eigenvalue weighted by Gasteiger charge is 2.47. The van der Waals surface area contributed by atoms with E-state index in [4.69, 9.17) is 0 Å². The molecule has 2 aliphatic rings. The molecule has 15 heavy (non-hydrogen) atoms. The molecule has 84 valence electrons. The molecule has 3 nitrogen and oxygen atoms in total. The summed E-state index contributed by atoms with van der Waals surface area (Å²) in [5.74, 6) is -0.463. The molecule has 1 unspecified atom stereocenters. The molecule has 2 heterocycles. The Labute approximate surface area is 89.8 Å². The van der Waals surface area contributed by atoms with Crippen molar-refractivity contribution in [3.8, 4) is 0 Å². The summed E-state index contributed by atoms with van der Waals surface area (Å²) in [4.78, 5) is 12.6. The highest BCUT2D eigenvalue weighted by Crippen LogP contribution is 2.38. The van der Waals surface area contributed by atoms with Gasteiger partial charge in [-0.1, -0.05) is 6.42 Å². The Morgan fingerprint density at radius 2 is 2.27 bits per heavy atom. The lowest BCUT2D eigenvalue weighted by atomic mass is 9.69. The number of rotatable bonds is 2. The topological polar surface area (TPSA) is 40.5 Å². The van der Waals surface area contributed by atoms with Gasteiger partial charge in [0.05, 0.1) is 0 Å². The number of alkyl halides is 1. The Morgan fingerprint density at radius 3 is 2.87 bits per heavy atom. The largest absolute Gasteiger partial charge is 0.437 e. The molecule has 2 saturated heterocycles. The summed E-state index contributed by atoms with van der Waals surface area (Å²) in [6.07, 6.45) is 2.94. The standard InChI is InChI=1S/C10H17BFNO2/c1-11(15)13-8-3-2-4-9(13)10(12)7(5-8)6-14/h6-10,15H,2-5H2,1H3/t7-,8?,9-,10+/m0/s1. The molecule has 2 bridgehead atoms. The van der Waals surface area contributed by atoms with E-state index in [1.54, 1.807) is 6.82 Å². The van der Waals surface area contributed by atoms with Crippen molar-refractivity contribution in [2.24, 2.45) is 5.92 Å². The van der Waals surface area contributed by atoms with Crippen molar-refractivity contribution in [1.82, 2.24) is 4.81 Å². The zero-order chi connectivity index (χ0) is 11.0. The summed E-state index contributed by atoms with van der Waals surface area (Å²) in [6.45, 7) is 1.68. The van der Waals surface area contributed by atoms with E-state index in [0.29, 0.717) is 6.42 Å². The number of halogens is 1. The zero-order valence-corrected chi connectivity index (χ0v) is 8.97. The van der Waals surface area contributed by atoms with Crippen LogP contribution >= 0.6 is 0 Å². The molecule has 4 atom stereocenters. The van der Waals surface area contributed by atoms with Crippen molar-refractivity contribution in [2.45, 2.75) is 50.8 Å². The third-order valence-corrected chi connectivity index (χ3v) is 3.77. The first-order valence-corrected chi connectivity index (χ1v) is 5.70. The number of fused-ring (bicyclic) bond motifs is 2. The Hall–Kier alpha value is -0.415. The van der Waals surface area contributed by atoms with E-state index >= 15 is 0 Å². The first-order valence-electron chi connectivity index (χ1n) is 5.70. The summed E-state index contributed by atoms with van der Waals surface area (Å²) in [5, 5.41) is 9.63. The van der Waals surface area contributed by atoms with E-state index in [0.717, 1.165) is 25.5 Å². The van der Waals surface area contributed by atoms with E-state index in [1.165, 1.54) is 0 Å². The van der Waals surface area contributed by atoms with Crippen LogP contribution in [-0.4, -0.2) is 41.4 Å².